The molecule has 1 aromatic rings. The van der Waals surface area contributed by atoms with Gasteiger partial charge in [-0.1, -0.05) is 6.42 Å². The molecule has 0 saturated heterocycles. The Morgan fingerprint density at radius 2 is 2.04 bits per heavy atom. The van der Waals surface area contributed by atoms with Crippen LogP contribution in [0.5, 0.6) is 5.75 Å². The number of nitrogens with one attached hydrogen (secondary N) is 1. The van der Waals surface area contributed by atoms with Crippen LogP contribution in [-0.4, -0.2) is 24.6 Å². The molecule has 128 valence electrons. The minimum absolute atomic E-state index is 0.0299. The van der Waals surface area contributed by atoms with Gasteiger partial charge in [0.15, 0.2) is 0 Å². The number of halogens is 2. The second kappa shape index (κ2) is 6.73. The number of amides is 1. The zero-order chi connectivity index (χ0) is 16.6. The SMILES string of the molecule is Cc1cc(OC(F)F)c(C(=O)NC2C3CCCC2CC(N)C3)s1. The van der Waals surface area contributed by atoms with Crippen molar-refractivity contribution in [2.45, 2.75) is 57.7 Å². The van der Waals surface area contributed by atoms with Gasteiger partial charge in [-0.2, -0.15) is 8.78 Å². The van der Waals surface area contributed by atoms with Gasteiger partial charge in [0, 0.05) is 17.0 Å². The Morgan fingerprint density at radius 1 is 1.39 bits per heavy atom. The third-order valence-corrected chi connectivity index (χ3v) is 5.95. The third-order valence-electron chi connectivity index (χ3n) is 4.92. The molecule has 2 aliphatic carbocycles. The lowest BCUT2D eigenvalue weighted by Gasteiger charge is -2.45. The number of carbonyl (C=O) groups excluding carboxylic acids is 1. The zero-order valence-electron chi connectivity index (χ0n) is 13.1. The first kappa shape index (κ1) is 16.6. The molecule has 2 aliphatic rings. The topological polar surface area (TPSA) is 64.3 Å². The summed E-state index contributed by atoms with van der Waals surface area (Å²) in [7, 11) is 0. The van der Waals surface area contributed by atoms with Gasteiger partial charge in [0.25, 0.3) is 5.91 Å². The molecule has 3 rings (SSSR count). The van der Waals surface area contributed by atoms with Crippen molar-refractivity contribution < 1.29 is 18.3 Å². The molecule has 1 heterocycles. The molecule has 23 heavy (non-hydrogen) atoms. The van der Waals surface area contributed by atoms with Crippen LogP contribution in [0, 0.1) is 18.8 Å². The van der Waals surface area contributed by atoms with Crippen LogP contribution in [0.15, 0.2) is 6.07 Å². The van der Waals surface area contributed by atoms with Crippen molar-refractivity contribution in [3.8, 4) is 5.75 Å². The molecule has 7 heteroatoms. The van der Waals surface area contributed by atoms with Crippen LogP contribution >= 0.6 is 11.3 Å². The van der Waals surface area contributed by atoms with Gasteiger partial charge >= 0.3 is 6.61 Å². The monoisotopic (exact) mass is 344 g/mol. The van der Waals surface area contributed by atoms with Crippen LogP contribution in [-0.2, 0) is 0 Å². The molecule has 0 spiro atoms. The maximum atomic E-state index is 12.6. The summed E-state index contributed by atoms with van der Waals surface area (Å²) in [4.78, 5) is 13.6. The van der Waals surface area contributed by atoms with Gasteiger partial charge in [0.1, 0.15) is 10.6 Å². The molecule has 0 aliphatic heterocycles. The summed E-state index contributed by atoms with van der Waals surface area (Å²) in [5.74, 6) is 0.442. The Morgan fingerprint density at radius 3 is 2.65 bits per heavy atom. The van der Waals surface area contributed by atoms with E-state index in [-0.39, 0.29) is 28.6 Å². The zero-order valence-corrected chi connectivity index (χ0v) is 13.9. The summed E-state index contributed by atoms with van der Waals surface area (Å²) >= 11 is 1.19. The van der Waals surface area contributed by atoms with Gasteiger partial charge in [0.2, 0.25) is 0 Å². The molecule has 2 unspecified atom stereocenters. The summed E-state index contributed by atoms with van der Waals surface area (Å²) in [6.07, 6.45) is 5.15. The van der Waals surface area contributed by atoms with Crippen LogP contribution in [0.3, 0.4) is 0 Å². The average Bonchev–Trinajstić information content (AvgIpc) is 2.79. The third kappa shape index (κ3) is 3.66. The maximum Gasteiger partial charge on any atom is 0.387 e. The summed E-state index contributed by atoms with van der Waals surface area (Å²) < 4.78 is 29.5. The highest BCUT2D eigenvalue weighted by molar-refractivity contribution is 7.14. The Labute approximate surface area is 138 Å². The largest absolute Gasteiger partial charge is 0.433 e. The minimum Gasteiger partial charge on any atom is -0.433 e. The van der Waals surface area contributed by atoms with E-state index in [1.54, 1.807) is 6.92 Å². The lowest BCUT2D eigenvalue weighted by molar-refractivity contribution is -0.0498. The van der Waals surface area contributed by atoms with E-state index in [0.29, 0.717) is 11.8 Å². The number of alkyl halides is 2. The second-order valence-electron chi connectivity index (χ2n) is 6.61. The van der Waals surface area contributed by atoms with E-state index in [4.69, 9.17) is 5.73 Å². The highest BCUT2D eigenvalue weighted by Gasteiger charge is 2.40. The highest BCUT2D eigenvalue weighted by atomic mass is 32.1. The van der Waals surface area contributed by atoms with E-state index in [9.17, 15) is 13.6 Å². The lowest BCUT2D eigenvalue weighted by Crippen LogP contribution is -2.53. The van der Waals surface area contributed by atoms with Crippen LogP contribution in [0.4, 0.5) is 8.78 Å². The van der Waals surface area contributed by atoms with Crippen LogP contribution in [0.2, 0.25) is 0 Å². The van der Waals surface area contributed by atoms with Crippen molar-refractivity contribution >= 4 is 17.2 Å². The maximum absolute atomic E-state index is 12.6. The second-order valence-corrected chi connectivity index (χ2v) is 7.87. The minimum atomic E-state index is -2.93. The number of nitrogens with two attached hydrogens (primary N) is 1. The number of fused-ring (bicyclic) bond motifs is 2. The van der Waals surface area contributed by atoms with Crippen molar-refractivity contribution in [3.05, 3.63) is 15.8 Å². The van der Waals surface area contributed by atoms with Gasteiger partial charge in [0.05, 0.1) is 0 Å². The molecule has 0 radical (unpaired) electrons. The van der Waals surface area contributed by atoms with Crippen LogP contribution in [0.25, 0.3) is 0 Å². The summed E-state index contributed by atoms with van der Waals surface area (Å²) in [5.41, 5.74) is 6.10. The van der Waals surface area contributed by atoms with Crippen molar-refractivity contribution in [3.63, 3.8) is 0 Å². The van der Waals surface area contributed by atoms with Gasteiger partial charge in [-0.05, 0) is 50.5 Å². The molecular formula is C16H22F2N2O2S. The van der Waals surface area contributed by atoms with Gasteiger partial charge in [-0.15, -0.1) is 11.3 Å². The molecule has 4 nitrogen and oxygen atoms in total. The molecule has 2 fully saturated rings. The highest BCUT2D eigenvalue weighted by Crippen LogP contribution is 2.40. The molecule has 1 aromatic heterocycles. The predicted molar refractivity (Wildman–Crippen MR) is 85.0 cm³/mol. The normalized spacial score (nSPS) is 30.3. The number of thiophene rings is 1. The summed E-state index contributed by atoms with van der Waals surface area (Å²) in [5, 5.41) is 3.08. The molecule has 2 atom stereocenters. The molecular weight excluding hydrogens is 322 g/mol. The molecule has 2 saturated carbocycles. The van der Waals surface area contributed by atoms with Crippen molar-refractivity contribution in [2.24, 2.45) is 17.6 Å². The van der Waals surface area contributed by atoms with Gasteiger partial charge in [-0.25, -0.2) is 0 Å². The first-order valence-electron chi connectivity index (χ1n) is 8.05. The number of ether oxygens (including phenoxy) is 1. The molecule has 3 N–H and O–H groups in total. The Hall–Kier alpha value is -1.21. The number of carbonyl (C=O) groups is 1. The fourth-order valence-corrected chi connectivity index (χ4v) is 4.92. The first-order valence-corrected chi connectivity index (χ1v) is 8.87. The van der Waals surface area contributed by atoms with E-state index in [2.05, 4.69) is 10.1 Å². The first-order chi connectivity index (χ1) is 10.9. The summed E-state index contributed by atoms with van der Waals surface area (Å²) in [6, 6.07) is 1.79. The van der Waals surface area contributed by atoms with E-state index in [0.717, 1.165) is 30.6 Å². The number of rotatable bonds is 4. The fraction of sp³-hybridized carbons (Fsp3) is 0.688. The molecule has 2 bridgehead atoms. The van der Waals surface area contributed by atoms with Gasteiger partial charge in [-0.3, -0.25) is 4.79 Å². The molecule has 1 amide bonds. The quantitative estimate of drug-likeness (QED) is 0.881. The van der Waals surface area contributed by atoms with E-state index in [1.807, 2.05) is 0 Å². The number of hydrogen-bond acceptors (Lipinski definition) is 4. The number of hydrogen-bond donors (Lipinski definition) is 2. The van der Waals surface area contributed by atoms with Gasteiger partial charge < -0.3 is 15.8 Å². The predicted octanol–water partition coefficient (Wildman–Crippen LogP) is 3.29. The smallest absolute Gasteiger partial charge is 0.387 e. The van der Waals surface area contributed by atoms with Crippen LogP contribution < -0.4 is 15.8 Å². The Kier molecular flexibility index (Phi) is 4.87. The Balaban J connectivity index is 1.74. The lowest BCUT2D eigenvalue weighted by atomic mass is 9.67. The van der Waals surface area contributed by atoms with E-state index >= 15 is 0 Å². The van der Waals surface area contributed by atoms with Crippen molar-refractivity contribution in [1.29, 1.82) is 0 Å². The van der Waals surface area contributed by atoms with Crippen LogP contribution in [0.1, 0.15) is 46.7 Å². The molecule has 0 aromatic carbocycles. The standard InChI is InChI=1S/C16H22F2N2O2S/c1-8-5-12(22-16(17)18)14(23-8)15(21)20-13-9-3-2-4-10(13)7-11(19)6-9/h5,9-11,13,16H,2-4,6-7,19H2,1H3,(H,20,21). The number of aryl methyl sites for hydroxylation is 1. The fourth-order valence-electron chi connectivity index (χ4n) is 4.07. The van der Waals surface area contributed by atoms with Crippen molar-refractivity contribution in [1.82, 2.24) is 5.32 Å². The Bertz CT molecular complexity index is 564. The van der Waals surface area contributed by atoms with E-state index < -0.39 is 6.61 Å². The van der Waals surface area contributed by atoms with E-state index in [1.165, 1.54) is 23.8 Å². The average molecular weight is 344 g/mol. The van der Waals surface area contributed by atoms with Crippen molar-refractivity contribution in [2.75, 3.05) is 0 Å². The summed E-state index contributed by atoms with van der Waals surface area (Å²) in [6.45, 7) is -1.16.